The van der Waals surface area contributed by atoms with Gasteiger partial charge in [0.2, 0.25) is 11.8 Å². The number of hydrogen-bond donors (Lipinski definition) is 1. The summed E-state index contributed by atoms with van der Waals surface area (Å²) in [6, 6.07) is 0. The molecule has 1 aliphatic heterocycles. The van der Waals surface area contributed by atoms with Gasteiger partial charge in [0.25, 0.3) is 0 Å². The molecule has 8 nitrogen and oxygen atoms in total. The van der Waals surface area contributed by atoms with Gasteiger partial charge in [-0.2, -0.15) is 4.98 Å². The van der Waals surface area contributed by atoms with Gasteiger partial charge in [0.15, 0.2) is 0 Å². The zero-order valence-corrected chi connectivity index (χ0v) is 12.3. The number of aromatic nitrogens is 2. The number of nitrogens with one attached hydrogen (secondary N) is 1. The quantitative estimate of drug-likeness (QED) is 0.644. The van der Waals surface area contributed by atoms with Crippen molar-refractivity contribution in [2.45, 2.75) is 13.8 Å². The molecule has 1 aromatic heterocycles. The summed E-state index contributed by atoms with van der Waals surface area (Å²) in [6.07, 6.45) is 0. The van der Waals surface area contributed by atoms with Crippen LogP contribution in [0.3, 0.4) is 0 Å². The predicted molar refractivity (Wildman–Crippen MR) is 77.7 cm³/mol. The fourth-order valence-electron chi connectivity index (χ4n) is 2.07. The molecule has 2 heterocycles. The Labute approximate surface area is 119 Å². The van der Waals surface area contributed by atoms with Gasteiger partial charge in [0.05, 0.1) is 4.92 Å². The Morgan fingerprint density at radius 2 is 2.05 bits per heavy atom. The van der Waals surface area contributed by atoms with E-state index in [-0.39, 0.29) is 5.69 Å². The smallest absolute Gasteiger partial charge is 0.332 e. The van der Waals surface area contributed by atoms with Crippen molar-refractivity contribution < 1.29 is 9.13 Å². The summed E-state index contributed by atoms with van der Waals surface area (Å²) in [6.45, 7) is 5.17. The van der Waals surface area contributed by atoms with Crippen molar-refractivity contribution in [1.82, 2.24) is 9.97 Å². The van der Waals surface area contributed by atoms with Crippen LogP contribution < -0.4 is 10.2 Å². The highest BCUT2D eigenvalue weighted by molar-refractivity contribution is 7.85. The van der Waals surface area contributed by atoms with Crippen molar-refractivity contribution in [3.05, 3.63) is 15.8 Å². The molecule has 1 N–H and O–H groups in total. The highest BCUT2D eigenvalue weighted by Crippen LogP contribution is 2.30. The van der Waals surface area contributed by atoms with Crippen molar-refractivity contribution in [2.75, 3.05) is 41.4 Å². The lowest BCUT2D eigenvalue weighted by atomic mass is 10.3. The molecule has 0 amide bonds. The van der Waals surface area contributed by atoms with Gasteiger partial charge in [0.1, 0.15) is 5.69 Å². The lowest BCUT2D eigenvalue weighted by Crippen LogP contribution is -2.38. The Morgan fingerprint density at radius 1 is 1.40 bits per heavy atom. The Kier molecular flexibility index (Phi) is 4.48. The van der Waals surface area contributed by atoms with Crippen LogP contribution in [-0.4, -0.2) is 50.2 Å². The zero-order chi connectivity index (χ0) is 14.7. The Balaban J connectivity index is 2.42. The van der Waals surface area contributed by atoms with Crippen LogP contribution in [0.4, 0.5) is 17.5 Å². The minimum atomic E-state index is -0.837. The highest BCUT2D eigenvalue weighted by Gasteiger charge is 2.28. The summed E-state index contributed by atoms with van der Waals surface area (Å²) < 4.78 is 11.4. The average molecular weight is 299 g/mol. The number of anilines is 2. The highest BCUT2D eigenvalue weighted by atomic mass is 32.2. The van der Waals surface area contributed by atoms with E-state index < -0.39 is 15.7 Å². The molecule has 9 heteroatoms. The van der Waals surface area contributed by atoms with Crippen molar-refractivity contribution in [2.24, 2.45) is 0 Å². The lowest BCUT2D eigenvalue weighted by molar-refractivity contribution is -0.385. The topological polar surface area (TPSA) is 101 Å². The number of nitrogens with zero attached hydrogens (tertiary/aromatic N) is 4. The van der Waals surface area contributed by atoms with Gasteiger partial charge in [-0.3, -0.25) is 14.3 Å². The third kappa shape index (κ3) is 3.03. The standard InChI is InChI=1S/C11H17N5O3S/c1-3-12-11-13-8(2)9(16(17)18)10(14-11)15-4-6-20(19)7-5-15/h3-7H2,1-2H3,(H,12,13,14). The monoisotopic (exact) mass is 299 g/mol. The fraction of sp³-hybridized carbons (Fsp3) is 0.636. The van der Waals surface area contributed by atoms with Crippen LogP contribution in [-0.2, 0) is 10.8 Å². The Bertz CT molecular complexity index is 541. The zero-order valence-electron chi connectivity index (χ0n) is 11.5. The SMILES string of the molecule is CCNc1nc(C)c([N+](=O)[O-])c(N2CCS(=O)CC2)n1. The molecule has 1 aliphatic rings. The molecule has 0 spiro atoms. The minimum absolute atomic E-state index is 0.0701. The maximum atomic E-state index is 11.4. The average Bonchev–Trinajstić information content (AvgIpc) is 2.38. The van der Waals surface area contributed by atoms with E-state index in [4.69, 9.17) is 0 Å². The van der Waals surface area contributed by atoms with Gasteiger partial charge in [0, 0.05) is 41.9 Å². The summed E-state index contributed by atoms with van der Waals surface area (Å²) in [5.41, 5.74) is 0.266. The maximum Gasteiger partial charge on any atom is 0.332 e. The minimum Gasteiger partial charge on any atom is -0.354 e. The third-order valence-corrected chi connectivity index (χ3v) is 4.31. The molecule has 0 radical (unpaired) electrons. The van der Waals surface area contributed by atoms with Crippen molar-refractivity contribution >= 4 is 28.3 Å². The van der Waals surface area contributed by atoms with Gasteiger partial charge >= 0.3 is 5.69 Å². The molecule has 110 valence electrons. The molecular formula is C11H17N5O3S. The number of hydrogen-bond acceptors (Lipinski definition) is 7. The van der Waals surface area contributed by atoms with Gasteiger partial charge in [-0.05, 0) is 13.8 Å². The first-order chi connectivity index (χ1) is 9.52. The van der Waals surface area contributed by atoms with E-state index in [0.29, 0.717) is 48.6 Å². The number of rotatable bonds is 4. The van der Waals surface area contributed by atoms with E-state index in [1.165, 1.54) is 0 Å². The van der Waals surface area contributed by atoms with Crippen LogP contribution in [0.25, 0.3) is 0 Å². The lowest BCUT2D eigenvalue weighted by Gasteiger charge is -2.27. The third-order valence-electron chi connectivity index (χ3n) is 3.03. The second-order valence-electron chi connectivity index (χ2n) is 4.43. The molecule has 0 unspecified atom stereocenters. The van der Waals surface area contributed by atoms with Crippen molar-refractivity contribution in [3.63, 3.8) is 0 Å². The van der Waals surface area contributed by atoms with Crippen LogP contribution in [0.2, 0.25) is 0 Å². The molecule has 0 atom stereocenters. The van der Waals surface area contributed by atoms with E-state index >= 15 is 0 Å². The van der Waals surface area contributed by atoms with Gasteiger partial charge in [-0.15, -0.1) is 0 Å². The molecule has 0 bridgehead atoms. The molecule has 1 aromatic rings. The Morgan fingerprint density at radius 3 is 2.60 bits per heavy atom. The molecule has 1 saturated heterocycles. The largest absolute Gasteiger partial charge is 0.354 e. The molecule has 0 aromatic carbocycles. The van der Waals surface area contributed by atoms with E-state index in [1.807, 2.05) is 11.8 Å². The summed E-state index contributed by atoms with van der Waals surface area (Å²) in [4.78, 5) is 21.0. The summed E-state index contributed by atoms with van der Waals surface area (Å²) in [7, 11) is -0.837. The van der Waals surface area contributed by atoms with Gasteiger partial charge in [-0.1, -0.05) is 0 Å². The summed E-state index contributed by atoms with van der Waals surface area (Å²) in [5, 5.41) is 14.2. The molecule has 0 aliphatic carbocycles. The van der Waals surface area contributed by atoms with E-state index in [1.54, 1.807) is 6.92 Å². The van der Waals surface area contributed by atoms with E-state index in [2.05, 4.69) is 15.3 Å². The van der Waals surface area contributed by atoms with Crippen molar-refractivity contribution in [1.29, 1.82) is 0 Å². The molecular weight excluding hydrogens is 282 g/mol. The molecule has 2 rings (SSSR count). The fourth-order valence-corrected chi connectivity index (χ4v) is 3.13. The van der Waals surface area contributed by atoms with E-state index in [0.717, 1.165) is 0 Å². The van der Waals surface area contributed by atoms with Crippen LogP contribution in [0, 0.1) is 17.0 Å². The molecule has 20 heavy (non-hydrogen) atoms. The number of aryl methyl sites for hydroxylation is 1. The maximum absolute atomic E-state index is 11.4. The van der Waals surface area contributed by atoms with Crippen LogP contribution in [0.5, 0.6) is 0 Å². The van der Waals surface area contributed by atoms with Crippen LogP contribution in [0.1, 0.15) is 12.6 Å². The van der Waals surface area contributed by atoms with Crippen molar-refractivity contribution in [3.8, 4) is 0 Å². The van der Waals surface area contributed by atoms with E-state index in [9.17, 15) is 14.3 Å². The first kappa shape index (κ1) is 14.6. The molecule has 0 saturated carbocycles. The van der Waals surface area contributed by atoms with Gasteiger partial charge in [-0.25, -0.2) is 4.98 Å². The van der Waals surface area contributed by atoms with Crippen LogP contribution in [0.15, 0.2) is 0 Å². The normalized spacial score (nSPS) is 16.2. The molecule has 1 fully saturated rings. The second kappa shape index (κ2) is 6.12. The number of nitro groups is 1. The first-order valence-corrected chi connectivity index (χ1v) is 7.88. The van der Waals surface area contributed by atoms with Crippen LogP contribution >= 0.6 is 0 Å². The second-order valence-corrected chi connectivity index (χ2v) is 6.12. The summed E-state index contributed by atoms with van der Waals surface area (Å²) in [5.74, 6) is 1.72. The summed E-state index contributed by atoms with van der Waals surface area (Å²) >= 11 is 0. The Hall–Kier alpha value is -1.77. The first-order valence-electron chi connectivity index (χ1n) is 6.39. The predicted octanol–water partition coefficient (Wildman–Crippen LogP) is 0.694. The van der Waals surface area contributed by atoms with Gasteiger partial charge < -0.3 is 10.2 Å².